The van der Waals surface area contributed by atoms with E-state index in [1.165, 1.54) is 0 Å². The number of nitrogens with zero attached hydrogens (tertiary/aromatic N) is 3. The van der Waals surface area contributed by atoms with E-state index in [2.05, 4.69) is 5.10 Å². The van der Waals surface area contributed by atoms with Crippen LogP contribution < -0.4 is 0 Å². The number of hydrogen-bond acceptors (Lipinski definition) is 2. The third-order valence-electron chi connectivity index (χ3n) is 3.63. The van der Waals surface area contributed by atoms with Crippen molar-refractivity contribution in [3.63, 3.8) is 0 Å². The van der Waals surface area contributed by atoms with Gasteiger partial charge in [0, 0.05) is 16.7 Å². The number of fused-ring (bicyclic) bond motifs is 2. The van der Waals surface area contributed by atoms with Gasteiger partial charge < -0.3 is 0 Å². The zero-order valence-corrected chi connectivity index (χ0v) is 12.0. The fraction of sp³-hybridized carbons (Fsp3) is 0.0588. The number of aromatic nitrogens is 3. The molecule has 0 aliphatic carbocycles. The molecule has 0 aliphatic heterocycles. The summed E-state index contributed by atoms with van der Waals surface area (Å²) >= 11 is 6.10. The van der Waals surface area contributed by atoms with Crippen LogP contribution in [0.1, 0.15) is 5.56 Å². The summed E-state index contributed by atoms with van der Waals surface area (Å²) in [5.41, 5.74) is 3.04. The zero-order chi connectivity index (χ0) is 14.2. The third-order valence-corrected chi connectivity index (χ3v) is 3.91. The summed E-state index contributed by atoms with van der Waals surface area (Å²) in [5.74, 6) is 1.25. The highest BCUT2D eigenvalue weighted by Gasteiger charge is 2.09. The lowest BCUT2D eigenvalue weighted by Gasteiger charge is -2.08. The van der Waals surface area contributed by atoms with E-state index < -0.39 is 0 Å². The van der Waals surface area contributed by atoms with Crippen LogP contribution in [0, 0.1) is 0 Å². The second kappa shape index (κ2) is 4.86. The molecule has 0 saturated carbocycles. The Labute approximate surface area is 126 Å². The molecule has 4 rings (SSSR count). The van der Waals surface area contributed by atoms with Crippen LogP contribution in [0.5, 0.6) is 0 Å². The highest BCUT2D eigenvalue weighted by molar-refractivity contribution is 6.18. The number of rotatable bonds is 2. The van der Waals surface area contributed by atoms with Crippen molar-refractivity contribution in [2.45, 2.75) is 5.88 Å². The lowest BCUT2D eigenvalue weighted by atomic mass is 10.1. The maximum absolute atomic E-state index is 6.10. The molecule has 3 nitrogen and oxygen atoms in total. The quantitative estimate of drug-likeness (QED) is 0.516. The van der Waals surface area contributed by atoms with Gasteiger partial charge in [0.15, 0.2) is 5.82 Å². The molecule has 102 valence electrons. The molecule has 0 fully saturated rings. The molecule has 0 spiro atoms. The molecule has 0 bridgehead atoms. The Morgan fingerprint density at radius 1 is 1.00 bits per heavy atom. The monoisotopic (exact) mass is 293 g/mol. The predicted molar refractivity (Wildman–Crippen MR) is 85.9 cm³/mol. The summed E-state index contributed by atoms with van der Waals surface area (Å²) < 4.78 is 1.86. The average molecular weight is 294 g/mol. The third kappa shape index (κ3) is 1.98. The van der Waals surface area contributed by atoms with Crippen LogP contribution in [0.25, 0.3) is 27.6 Å². The number of halogens is 1. The number of pyridine rings is 1. The molecule has 21 heavy (non-hydrogen) atoms. The maximum Gasteiger partial charge on any atom is 0.155 e. The highest BCUT2D eigenvalue weighted by Crippen LogP contribution is 2.23. The molecule has 0 radical (unpaired) electrons. The molecule has 0 aliphatic rings. The van der Waals surface area contributed by atoms with Crippen molar-refractivity contribution in [2.75, 3.05) is 0 Å². The molecule has 0 unspecified atom stereocenters. The number of alkyl halides is 1. The van der Waals surface area contributed by atoms with Crippen LogP contribution in [0.15, 0.2) is 60.8 Å². The van der Waals surface area contributed by atoms with E-state index in [0.29, 0.717) is 5.88 Å². The molecule has 4 heteroatoms. The Balaban J connectivity index is 2.02. The second-order valence-electron chi connectivity index (χ2n) is 4.91. The van der Waals surface area contributed by atoms with Gasteiger partial charge >= 0.3 is 0 Å². The van der Waals surface area contributed by atoms with E-state index in [0.717, 1.165) is 33.2 Å². The first-order chi connectivity index (χ1) is 10.4. The van der Waals surface area contributed by atoms with Gasteiger partial charge in [-0.15, -0.1) is 11.6 Å². The Kier molecular flexibility index (Phi) is 2.86. The number of benzene rings is 2. The van der Waals surface area contributed by atoms with Crippen molar-refractivity contribution in [2.24, 2.45) is 0 Å². The molecule has 2 aromatic carbocycles. The van der Waals surface area contributed by atoms with Crippen molar-refractivity contribution in [1.29, 1.82) is 0 Å². The Morgan fingerprint density at radius 3 is 2.71 bits per heavy atom. The molecular weight excluding hydrogens is 282 g/mol. The first-order valence-corrected chi connectivity index (χ1v) is 7.28. The van der Waals surface area contributed by atoms with Crippen LogP contribution in [0.2, 0.25) is 0 Å². The second-order valence-corrected chi connectivity index (χ2v) is 5.17. The number of hydrogen-bond donors (Lipinski definition) is 0. The van der Waals surface area contributed by atoms with E-state index in [1.54, 1.807) is 0 Å². The standard InChI is InChI=1S/C17H12ClN3/c18-10-13-9-17(20-15-7-3-2-6-14(13)15)21-16-8-4-1-5-12(16)11-19-21/h1-9,11H,10H2. The van der Waals surface area contributed by atoms with Crippen LogP contribution >= 0.6 is 11.6 Å². The van der Waals surface area contributed by atoms with E-state index >= 15 is 0 Å². The topological polar surface area (TPSA) is 30.7 Å². The number of para-hydroxylation sites is 2. The molecule has 0 N–H and O–H groups in total. The molecule has 0 amide bonds. The first kappa shape index (κ1) is 12.4. The van der Waals surface area contributed by atoms with E-state index in [1.807, 2.05) is 65.5 Å². The van der Waals surface area contributed by atoms with Crippen LogP contribution in [0.4, 0.5) is 0 Å². The zero-order valence-electron chi connectivity index (χ0n) is 11.2. The summed E-state index contributed by atoms with van der Waals surface area (Å²) in [7, 11) is 0. The Bertz CT molecular complexity index is 943. The largest absolute Gasteiger partial charge is 0.229 e. The van der Waals surface area contributed by atoms with Gasteiger partial charge in [-0.3, -0.25) is 0 Å². The van der Waals surface area contributed by atoms with Crippen LogP contribution in [-0.2, 0) is 5.88 Å². The Hall–Kier alpha value is -2.39. The van der Waals surface area contributed by atoms with E-state index in [4.69, 9.17) is 16.6 Å². The van der Waals surface area contributed by atoms with Crippen LogP contribution in [-0.4, -0.2) is 14.8 Å². The summed E-state index contributed by atoms with van der Waals surface area (Å²) in [4.78, 5) is 4.72. The first-order valence-electron chi connectivity index (χ1n) is 6.74. The van der Waals surface area contributed by atoms with Gasteiger partial charge in [0.05, 0.1) is 17.2 Å². The fourth-order valence-electron chi connectivity index (χ4n) is 2.61. The smallest absolute Gasteiger partial charge is 0.155 e. The van der Waals surface area contributed by atoms with Crippen molar-refractivity contribution in [1.82, 2.24) is 14.8 Å². The van der Waals surface area contributed by atoms with Gasteiger partial charge in [0.1, 0.15) is 0 Å². The van der Waals surface area contributed by atoms with Gasteiger partial charge in [-0.2, -0.15) is 5.10 Å². The van der Waals surface area contributed by atoms with Gasteiger partial charge in [-0.1, -0.05) is 36.4 Å². The lowest BCUT2D eigenvalue weighted by Crippen LogP contribution is -2.01. The van der Waals surface area contributed by atoms with Crippen molar-refractivity contribution in [3.05, 3.63) is 66.4 Å². The molecular formula is C17H12ClN3. The molecule has 2 aromatic heterocycles. The summed E-state index contributed by atoms with van der Waals surface area (Å²) in [6.45, 7) is 0. The normalized spacial score (nSPS) is 11.3. The Morgan fingerprint density at radius 2 is 1.81 bits per heavy atom. The lowest BCUT2D eigenvalue weighted by molar-refractivity contribution is 0.879. The van der Waals surface area contributed by atoms with Gasteiger partial charge in [-0.05, 0) is 23.8 Å². The van der Waals surface area contributed by atoms with Gasteiger partial charge in [0.25, 0.3) is 0 Å². The van der Waals surface area contributed by atoms with Gasteiger partial charge in [-0.25, -0.2) is 9.67 Å². The summed E-state index contributed by atoms with van der Waals surface area (Å²) in [5, 5.41) is 6.65. The minimum absolute atomic E-state index is 0.454. The average Bonchev–Trinajstić information content (AvgIpc) is 2.98. The van der Waals surface area contributed by atoms with E-state index in [9.17, 15) is 0 Å². The summed E-state index contributed by atoms with van der Waals surface area (Å²) in [6, 6.07) is 18.1. The van der Waals surface area contributed by atoms with Crippen molar-refractivity contribution < 1.29 is 0 Å². The minimum Gasteiger partial charge on any atom is -0.229 e. The fourth-order valence-corrected chi connectivity index (χ4v) is 2.83. The molecule has 0 atom stereocenters. The van der Waals surface area contributed by atoms with Crippen molar-refractivity contribution in [3.8, 4) is 5.82 Å². The highest BCUT2D eigenvalue weighted by atomic mass is 35.5. The molecule has 4 aromatic rings. The SMILES string of the molecule is ClCc1cc(-n2ncc3ccccc32)nc2ccccc12. The predicted octanol–water partition coefficient (Wildman–Crippen LogP) is 4.31. The summed E-state index contributed by atoms with van der Waals surface area (Å²) in [6.07, 6.45) is 1.85. The molecule has 2 heterocycles. The maximum atomic E-state index is 6.10. The van der Waals surface area contributed by atoms with Gasteiger partial charge in [0.2, 0.25) is 0 Å². The minimum atomic E-state index is 0.454. The van der Waals surface area contributed by atoms with Crippen LogP contribution in [0.3, 0.4) is 0 Å². The van der Waals surface area contributed by atoms with Crippen molar-refractivity contribution >= 4 is 33.4 Å². The molecule has 0 saturated heterocycles. The van der Waals surface area contributed by atoms with E-state index in [-0.39, 0.29) is 0 Å².